The van der Waals surface area contributed by atoms with Gasteiger partial charge in [-0.25, -0.2) is 4.39 Å². The lowest BCUT2D eigenvalue weighted by Crippen LogP contribution is -2.34. The minimum Gasteiger partial charge on any atom is -0.357 e. The van der Waals surface area contributed by atoms with Crippen molar-refractivity contribution in [3.63, 3.8) is 0 Å². The van der Waals surface area contributed by atoms with Gasteiger partial charge in [-0.2, -0.15) is 0 Å². The molecular weight excluding hydrogens is 203 g/mol. The first-order valence-electron chi connectivity index (χ1n) is 5.82. The van der Waals surface area contributed by atoms with Gasteiger partial charge < -0.3 is 10.3 Å². The van der Waals surface area contributed by atoms with Crippen LogP contribution in [-0.4, -0.2) is 11.0 Å². The van der Waals surface area contributed by atoms with Crippen molar-refractivity contribution in [3.8, 4) is 0 Å². The molecule has 1 fully saturated rings. The lowest BCUT2D eigenvalue weighted by molar-refractivity contribution is 0.337. The van der Waals surface area contributed by atoms with E-state index in [2.05, 4.69) is 10.3 Å². The summed E-state index contributed by atoms with van der Waals surface area (Å²) in [6, 6.07) is 7.55. The second-order valence-corrected chi connectivity index (χ2v) is 4.53. The topological polar surface area (TPSA) is 27.8 Å². The van der Waals surface area contributed by atoms with Gasteiger partial charge in [-0.05, 0) is 37.1 Å². The van der Waals surface area contributed by atoms with E-state index in [-0.39, 0.29) is 5.82 Å². The first kappa shape index (κ1) is 9.85. The van der Waals surface area contributed by atoms with Crippen LogP contribution < -0.4 is 5.32 Å². The number of fused-ring (bicyclic) bond motifs is 1. The summed E-state index contributed by atoms with van der Waals surface area (Å²) in [5, 5.41) is 4.44. The van der Waals surface area contributed by atoms with Gasteiger partial charge in [0.15, 0.2) is 0 Å². The highest BCUT2D eigenvalue weighted by molar-refractivity contribution is 5.80. The van der Waals surface area contributed by atoms with E-state index in [1.54, 1.807) is 12.1 Å². The second kappa shape index (κ2) is 3.91. The largest absolute Gasteiger partial charge is 0.357 e. The summed E-state index contributed by atoms with van der Waals surface area (Å²) in [4.78, 5) is 3.30. The standard InChI is InChI=1S/C13H15FN2/c14-10-4-5-13-9(6-10)7-12(16-13)8-15-11-2-1-3-11/h4-7,11,15-16H,1-3,8H2. The molecule has 16 heavy (non-hydrogen) atoms. The van der Waals surface area contributed by atoms with E-state index in [9.17, 15) is 4.39 Å². The molecule has 0 bridgehead atoms. The van der Waals surface area contributed by atoms with E-state index >= 15 is 0 Å². The highest BCUT2D eigenvalue weighted by atomic mass is 19.1. The molecule has 2 N–H and O–H groups in total. The zero-order valence-corrected chi connectivity index (χ0v) is 9.09. The van der Waals surface area contributed by atoms with Gasteiger partial charge in [0.25, 0.3) is 0 Å². The van der Waals surface area contributed by atoms with E-state index in [0.717, 1.165) is 23.1 Å². The molecule has 0 spiro atoms. The third kappa shape index (κ3) is 1.83. The zero-order chi connectivity index (χ0) is 11.0. The third-order valence-corrected chi connectivity index (χ3v) is 3.32. The van der Waals surface area contributed by atoms with Crippen LogP contribution in [-0.2, 0) is 6.54 Å². The van der Waals surface area contributed by atoms with Gasteiger partial charge >= 0.3 is 0 Å². The minimum atomic E-state index is -0.176. The summed E-state index contributed by atoms with van der Waals surface area (Å²) in [6.45, 7) is 0.848. The number of halogens is 1. The van der Waals surface area contributed by atoms with Crippen LogP contribution in [0.3, 0.4) is 0 Å². The number of rotatable bonds is 3. The highest BCUT2D eigenvalue weighted by Crippen LogP contribution is 2.20. The molecule has 3 heteroatoms. The number of benzene rings is 1. The Kier molecular flexibility index (Phi) is 2.40. The van der Waals surface area contributed by atoms with Gasteiger partial charge in [0, 0.05) is 29.2 Å². The average Bonchev–Trinajstić information content (AvgIpc) is 2.57. The number of H-pyrrole nitrogens is 1. The lowest BCUT2D eigenvalue weighted by Gasteiger charge is -2.26. The lowest BCUT2D eigenvalue weighted by atomic mass is 9.93. The third-order valence-electron chi connectivity index (χ3n) is 3.32. The van der Waals surface area contributed by atoms with Crippen LogP contribution in [0.5, 0.6) is 0 Å². The number of nitrogens with one attached hydrogen (secondary N) is 2. The summed E-state index contributed by atoms with van der Waals surface area (Å²) in [5.74, 6) is -0.176. The van der Waals surface area contributed by atoms with Crippen molar-refractivity contribution in [2.24, 2.45) is 0 Å². The predicted molar refractivity (Wildman–Crippen MR) is 62.7 cm³/mol. The molecule has 0 radical (unpaired) electrons. The van der Waals surface area contributed by atoms with Gasteiger partial charge in [-0.3, -0.25) is 0 Å². The number of hydrogen-bond acceptors (Lipinski definition) is 1. The minimum absolute atomic E-state index is 0.176. The Morgan fingerprint density at radius 1 is 1.31 bits per heavy atom. The van der Waals surface area contributed by atoms with Crippen LogP contribution in [0.1, 0.15) is 25.0 Å². The molecule has 1 aliphatic carbocycles. The molecule has 1 saturated carbocycles. The van der Waals surface area contributed by atoms with E-state index in [1.165, 1.54) is 25.3 Å². The van der Waals surface area contributed by atoms with Gasteiger partial charge in [0.2, 0.25) is 0 Å². The maximum absolute atomic E-state index is 13.0. The molecule has 0 atom stereocenters. The normalized spacial score (nSPS) is 16.6. The fourth-order valence-electron chi connectivity index (χ4n) is 2.13. The van der Waals surface area contributed by atoms with Crippen molar-refractivity contribution in [2.75, 3.05) is 0 Å². The molecule has 0 amide bonds. The molecule has 0 saturated heterocycles. The summed E-state index contributed by atoms with van der Waals surface area (Å²) in [6.07, 6.45) is 3.92. The fraction of sp³-hybridized carbons (Fsp3) is 0.385. The Hall–Kier alpha value is -1.35. The molecule has 2 aromatic rings. The summed E-state index contributed by atoms with van der Waals surface area (Å²) in [7, 11) is 0. The SMILES string of the molecule is Fc1ccc2[nH]c(CNC3CCC3)cc2c1. The molecule has 1 aliphatic rings. The molecule has 0 aliphatic heterocycles. The van der Waals surface area contributed by atoms with Crippen LogP contribution in [0.25, 0.3) is 10.9 Å². The Bertz CT molecular complexity index is 500. The first-order valence-corrected chi connectivity index (χ1v) is 5.82. The van der Waals surface area contributed by atoms with Gasteiger partial charge in [-0.1, -0.05) is 6.42 Å². The van der Waals surface area contributed by atoms with Crippen LogP contribution in [0.15, 0.2) is 24.3 Å². The average molecular weight is 218 g/mol. The Labute approximate surface area is 93.9 Å². The monoisotopic (exact) mass is 218 g/mol. The Morgan fingerprint density at radius 2 is 2.19 bits per heavy atom. The van der Waals surface area contributed by atoms with E-state index in [4.69, 9.17) is 0 Å². The smallest absolute Gasteiger partial charge is 0.123 e. The van der Waals surface area contributed by atoms with Gasteiger partial charge in [0.05, 0.1) is 0 Å². The molecule has 1 heterocycles. The quantitative estimate of drug-likeness (QED) is 0.814. The Balaban J connectivity index is 1.76. The van der Waals surface area contributed by atoms with Crippen molar-refractivity contribution < 1.29 is 4.39 Å². The van der Waals surface area contributed by atoms with Crippen LogP contribution in [0.4, 0.5) is 4.39 Å². The Morgan fingerprint density at radius 3 is 2.94 bits per heavy atom. The van der Waals surface area contributed by atoms with Crippen molar-refractivity contribution in [2.45, 2.75) is 31.8 Å². The van der Waals surface area contributed by atoms with E-state index in [1.807, 2.05) is 6.07 Å². The highest BCUT2D eigenvalue weighted by Gasteiger charge is 2.16. The maximum atomic E-state index is 13.0. The number of hydrogen-bond donors (Lipinski definition) is 2. The number of aromatic nitrogens is 1. The molecule has 3 rings (SSSR count). The molecule has 1 aromatic carbocycles. The predicted octanol–water partition coefficient (Wildman–Crippen LogP) is 2.95. The van der Waals surface area contributed by atoms with Gasteiger partial charge in [0.1, 0.15) is 5.82 Å². The van der Waals surface area contributed by atoms with Crippen molar-refractivity contribution in [3.05, 3.63) is 35.8 Å². The van der Waals surface area contributed by atoms with Crippen molar-refractivity contribution in [1.29, 1.82) is 0 Å². The molecular formula is C13H15FN2. The van der Waals surface area contributed by atoms with Gasteiger partial charge in [-0.15, -0.1) is 0 Å². The molecule has 0 unspecified atom stereocenters. The summed E-state index contributed by atoms with van der Waals surface area (Å²) >= 11 is 0. The zero-order valence-electron chi connectivity index (χ0n) is 9.09. The van der Waals surface area contributed by atoms with Crippen LogP contribution in [0.2, 0.25) is 0 Å². The van der Waals surface area contributed by atoms with Crippen molar-refractivity contribution in [1.82, 2.24) is 10.3 Å². The molecule has 84 valence electrons. The second-order valence-electron chi connectivity index (χ2n) is 4.53. The van der Waals surface area contributed by atoms with E-state index < -0.39 is 0 Å². The summed E-state index contributed by atoms with van der Waals surface area (Å²) in [5.41, 5.74) is 2.14. The van der Waals surface area contributed by atoms with E-state index in [0.29, 0.717) is 6.04 Å². The van der Waals surface area contributed by atoms with Crippen LogP contribution in [0, 0.1) is 5.82 Å². The number of aromatic amines is 1. The maximum Gasteiger partial charge on any atom is 0.123 e. The molecule has 2 nitrogen and oxygen atoms in total. The summed E-state index contributed by atoms with van der Waals surface area (Å²) < 4.78 is 13.0. The van der Waals surface area contributed by atoms with Crippen molar-refractivity contribution >= 4 is 10.9 Å². The van der Waals surface area contributed by atoms with Crippen LogP contribution >= 0.6 is 0 Å². The molecule has 1 aromatic heterocycles. The fourth-order valence-corrected chi connectivity index (χ4v) is 2.13. The first-order chi connectivity index (χ1) is 7.81.